The number of hydrogen-bond acceptors (Lipinski definition) is 7. The maximum atomic E-state index is 12.9. The molecule has 0 aliphatic heterocycles. The maximum Gasteiger partial charge on any atom is 0.265 e. The lowest BCUT2D eigenvalue weighted by atomic mass is 10.1. The van der Waals surface area contributed by atoms with Crippen LogP contribution in [0.5, 0.6) is 17.2 Å². The number of nitrogens with zero attached hydrogens (tertiary/aromatic N) is 1. The normalized spacial score (nSPS) is 11.1. The first-order valence-electron chi connectivity index (χ1n) is 11.7. The van der Waals surface area contributed by atoms with Gasteiger partial charge in [0.05, 0.1) is 31.7 Å². The van der Waals surface area contributed by atoms with Gasteiger partial charge >= 0.3 is 0 Å². The van der Waals surface area contributed by atoms with Crippen LogP contribution in [0.15, 0.2) is 78.9 Å². The van der Waals surface area contributed by atoms with Crippen LogP contribution in [0.2, 0.25) is 0 Å². The molecule has 3 aromatic carbocycles. The van der Waals surface area contributed by atoms with Crippen LogP contribution in [-0.4, -0.2) is 38.0 Å². The average Bonchev–Trinajstić information content (AvgIpc) is 3.37. The molecule has 0 spiro atoms. The zero-order chi connectivity index (χ0) is 26.6. The van der Waals surface area contributed by atoms with Gasteiger partial charge in [0.2, 0.25) is 0 Å². The minimum Gasteiger partial charge on any atom is -0.497 e. The molecular formula is C30H24N2O5S. The van der Waals surface area contributed by atoms with Crippen molar-refractivity contribution in [2.24, 2.45) is 0 Å². The van der Waals surface area contributed by atoms with Crippen molar-refractivity contribution in [3.8, 4) is 17.2 Å². The number of methoxy groups -OCH3 is 3. The summed E-state index contributed by atoms with van der Waals surface area (Å²) in [5, 5.41) is 4.73. The van der Waals surface area contributed by atoms with Crippen molar-refractivity contribution in [1.82, 2.24) is 4.98 Å². The molecule has 0 unspecified atom stereocenters. The van der Waals surface area contributed by atoms with Gasteiger partial charge in [0.1, 0.15) is 10.6 Å². The van der Waals surface area contributed by atoms with Crippen LogP contribution in [0.25, 0.3) is 27.2 Å². The van der Waals surface area contributed by atoms with E-state index in [1.54, 1.807) is 63.8 Å². The highest BCUT2D eigenvalue weighted by Crippen LogP contribution is 2.30. The zero-order valence-corrected chi connectivity index (χ0v) is 21.8. The molecule has 0 fully saturated rings. The summed E-state index contributed by atoms with van der Waals surface area (Å²) in [7, 11) is 4.76. The van der Waals surface area contributed by atoms with Crippen LogP contribution in [0.4, 0.5) is 5.69 Å². The van der Waals surface area contributed by atoms with Gasteiger partial charge in [0.25, 0.3) is 5.91 Å². The van der Waals surface area contributed by atoms with Crippen LogP contribution in [0, 0.1) is 0 Å². The Morgan fingerprint density at radius 3 is 2.34 bits per heavy atom. The molecule has 8 heteroatoms. The summed E-state index contributed by atoms with van der Waals surface area (Å²) < 4.78 is 15.8. The van der Waals surface area contributed by atoms with Crippen LogP contribution in [-0.2, 0) is 0 Å². The molecule has 38 heavy (non-hydrogen) atoms. The Hall–Kier alpha value is -4.69. The first-order valence-corrected chi connectivity index (χ1v) is 12.5. The number of amides is 1. The molecule has 2 aromatic heterocycles. The summed E-state index contributed by atoms with van der Waals surface area (Å²) in [6.45, 7) is 0. The Bertz CT molecular complexity index is 1690. The predicted molar refractivity (Wildman–Crippen MR) is 151 cm³/mol. The molecule has 1 N–H and O–H groups in total. The number of nitrogens with one attached hydrogen (secondary N) is 1. The molecule has 5 aromatic rings. The van der Waals surface area contributed by atoms with Gasteiger partial charge in [-0.2, -0.15) is 0 Å². The van der Waals surface area contributed by atoms with Gasteiger partial charge in [0.15, 0.2) is 17.3 Å². The highest BCUT2D eigenvalue weighted by atomic mass is 32.1. The van der Waals surface area contributed by atoms with Crippen molar-refractivity contribution in [3.63, 3.8) is 0 Å². The van der Waals surface area contributed by atoms with E-state index in [9.17, 15) is 9.59 Å². The summed E-state index contributed by atoms with van der Waals surface area (Å²) in [6.07, 6.45) is 3.22. The number of benzene rings is 3. The molecule has 0 saturated carbocycles. The van der Waals surface area contributed by atoms with Crippen LogP contribution < -0.4 is 19.5 Å². The van der Waals surface area contributed by atoms with E-state index in [2.05, 4.69) is 10.3 Å². The van der Waals surface area contributed by atoms with Crippen molar-refractivity contribution >= 4 is 55.9 Å². The topological polar surface area (TPSA) is 86.8 Å². The molecule has 0 aliphatic carbocycles. The Kier molecular flexibility index (Phi) is 7.06. The Morgan fingerprint density at radius 2 is 1.61 bits per heavy atom. The SMILES string of the molecule is COc1ccc2nc3sc(C(=O)Nc4ccc(C(=O)/C=C/c5ccc(OC)c(OC)c5)cc4)cc3cc2c1. The van der Waals surface area contributed by atoms with Crippen molar-refractivity contribution in [1.29, 1.82) is 0 Å². The number of fused-ring (bicyclic) bond motifs is 2. The van der Waals surface area contributed by atoms with Crippen molar-refractivity contribution in [2.45, 2.75) is 0 Å². The van der Waals surface area contributed by atoms with Crippen LogP contribution in [0.3, 0.4) is 0 Å². The molecule has 190 valence electrons. The van der Waals surface area contributed by atoms with Crippen molar-refractivity contribution in [2.75, 3.05) is 26.6 Å². The van der Waals surface area contributed by atoms with E-state index in [1.807, 2.05) is 36.4 Å². The van der Waals surface area contributed by atoms with E-state index in [-0.39, 0.29) is 11.7 Å². The standard InChI is InChI=1S/C30H24N2O5S/c1-35-23-10-11-24-20(16-23)15-21-17-28(38-30(21)32-24)29(34)31-22-8-6-19(7-9-22)25(33)12-4-18-5-13-26(36-2)27(14-18)37-3/h4-17H,1-3H3,(H,31,34)/b12-4+. The Labute approximate surface area is 223 Å². The smallest absolute Gasteiger partial charge is 0.265 e. The van der Waals surface area contributed by atoms with Gasteiger partial charge in [-0.1, -0.05) is 12.1 Å². The highest BCUT2D eigenvalue weighted by molar-refractivity contribution is 7.20. The van der Waals surface area contributed by atoms with Gasteiger partial charge in [-0.15, -0.1) is 11.3 Å². The third-order valence-electron chi connectivity index (χ3n) is 5.99. The maximum absolute atomic E-state index is 12.9. The van der Waals surface area contributed by atoms with Crippen LogP contribution >= 0.6 is 11.3 Å². The predicted octanol–water partition coefficient (Wildman–Crippen LogP) is 6.62. The third kappa shape index (κ3) is 5.21. The highest BCUT2D eigenvalue weighted by Gasteiger charge is 2.13. The largest absolute Gasteiger partial charge is 0.497 e. The fraction of sp³-hybridized carbons (Fsp3) is 0.100. The number of aromatic nitrogens is 1. The lowest BCUT2D eigenvalue weighted by Crippen LogP contribution is -2.10. The summed E-state index contributed by atoms with van der Waals surface area (Å²) in [6, 6.07) is 21.7. The Balaban J connectivity index is 1.27. The molecule has 0 aliphatic rings. The van der Waals surface area contributed by atoms with E-state index < -0.39 is 0 Å². The van der Waals surface area contributed by atoms with Gasteiger partial charge < -0.3 is 19.5 Å². The molecular weight excluding hydrogens is 500 g/mol. The van der Waals surface area contributed by atoms with E-state index in [0.717, 1.165) is 32.4 Å². The summed E-state index contributed by atoms with van der Waals surface area (Å²) in [4.78, 5) is 31.6. The number of carbonyl (C=O) groups excluding carboxylic acids is 2. The molecule has 0 bridgehead atoms. The molecule has 2 heterocycles. The molecule has 1 amide bonds. The molecule has 7 nitrogen and oxygen atoms in total. The second-order valence-electron chi connectivity index (χ2n) is 8.40. The minimum absolute atomic E-state index is 0.156. The first-order chi connectivity index (χ1) is 18.5. The first kappa shape index (κ1) is 25.0. The van der Waals surface area contributed by atoms with Gasteiger partial charge in [-0.3, -0.25) is 9.59 Å². The number of ether oxygens (including phenoxy) is 3. The monoisotopic (exact) mass is 524 g/mol. The quantitative estimate of drug-likeness (QED) is 0.181. The fourth-order valence-electron chi connectivity index (χ4n) is 3.99. The molecule has 0 radical (unpaired) electrons. The second-order valence-corrected chi connectivity index (χ2v) is 9.43. The Morgan fingerprint density at radius 1 is 0.816 bits per heavy atom. The van der Waals surface area contributed by atoms with Crippen LogP contribution in [0.1, 0.15) is 25.6 Å². The van der Waals surface area contributed by atoms with E-state index in [4.69, 9.17) is 14.2 Å². The van der Waals surface area contributed by atoms with E-state index >= 15 is 0 Å². The van der Waals surface area contributed by atoms with Gasteiger partial charge in [-0.25, -0.2) is 4.98 Å². The number of allylic oxidation sites excluding steroid dienone is 1. The number of carbonyl (C=O) groups is 2. The van der Waals surface area contributed by atoms with Gasteiger partial charge in [-0.05, 0) is 78.4 Å². The second kappa shape index (κ2) is 10.7. The lowest BCUT2D eigenvalue weighted by Gasteiger charge is -2.07. The average molecular weight is 525 g/mol. The number of rotatable bonds is 8. The fourth-order valence-corrected chi connectivity index (χ4v) is 4.90. The lowest BCUT2D eigenvalue weighted by molar-refractivity contribution is 0.102. The number of anilines is 1. The zero-order valence-electron chi connectivity index (χ0n) is 21.0. The number of ketones is 1. The molecule has 0 atom stereocenters. The molecule has 0 saturated heterocycles. The number of thiophene rings is 1. The number of hydrogen-bond donors (Lipinski definition) is 1. The summed E-state index contributed by atoms with van der Waals surface area (Å²) in [5.41, 5.74) is 2.75. The summed E-state index contributed by atoms with van der Waals surface area (Å²) in [5.74, 6) is 1.57. The van der Waals surface area contributed by atoms with Crippen molar-refractivity contribution < 1.29 is 23.8 Å². The van der Waals surface area contributed by atoms with Crippen molar-refractivity contribution in [3.05, 3.63) is 94.9 Å². The number of pyridine rings is 1. The third-order valence-corrected chi connectivity index (χ3v) is 7.04. The van der Waals surface area contributed by atoms with E-state index in [0.29, 0.717) is 27.6 Å². The van der Waals surface area contributed by atoms with Gasteiger partial charge in [0, 0.05) is 22.0 Å². The summed E-state index contributed by atoms with van der Waals surface area (Å²) >= 11 is 1.33. The minimum atomic E-state index is -0.234. The van der Waals surface area contributed by atoms with E-state index in [1.165, 1.54) is 17.4 Å². The molecule has 5 rings (SSSR count).